The standard InChI is InChI=1S/C16H22N4O/c1-17-11-16-13-19(9-10-21-16)12-14-3-5-15(6-4-14)20-8-2-7-18-20/h2-8,16-17H,9-13H2,1H3. The van der Waals surface area contributed by atoms with E-state index in [4.69, 9.17) is 4.74 Å². The Hall–Kier alpha value is -1.69. The number of morpholine rings is 1. The van der Waals surface area contributed by atoms with E-state index in [1.807, 2.05) is 24.0 Å². The summed E-state index contributed by atoms with van der Waals surface area (Å²) in [6.45, 7) is 4.69. The topological polar surface area (TPSA) is 42.3 Å². The van der Waals surface area contributed by atoms with Crippen LogP contribution in [-0.2, 0) is 11.3 Å². The first-order valence-corrected chi connectivity index (χ1v) is 7.42. The van der Waals surface area contributed by atoms with Crippen LogP contribution in [0.25, 0.3) is 5.69 Å². The van der Waals surface area contributed by atoms with Gasteiger partial charge >= 0.3 is 0 Å². The highest BCUT2D eigenvalue weighted by atomic mass is 16.5. The number of benzene rings is 1. The van der Waals surface area contributed by atoms with Gasteiger partial charge in [0.1, 0.15) is 0 Å². The van der Waals surface area contributed by atoms with Gasteiger partial charge in [0.05, 0.1) is 18.4 Å². The summed E-state index contributed by atoms with van der Waals surface area (Å²) in [6, 6.07) is 10.5. The number of hydrogen-bond donors (Lipinski definition) is 1. The van der Waals surface area contributed by atoms with Crippen molar-refractivity contribution in [1.29, 1.82) is 0 Å². The predicted octanol–water partition coefficient (Wildman–Crippen LogP) is 1.29. The molecule has 0 amide bonds. The Morgan fingerprint density at radius 1 is 1.33 bits per heavy atom. The lowest BCUT2D eigenvalue weighted by Crippen LogP contribution is -2.45. The van der Waals surface area contributed by atoms with E-state index in [2.05, 4.69) is 39.6 Å². The fraction of sp³-hybridized carbons (Fsp3) is 0.438. The van der Waals surface area contributed by atoms with Crippen LogP contribution >= 0.6 is 0 Å². The van der Waals surface area contributed by atoms with Crippen LogP contribution in [0.2, 0.25) is 0 Å². The molecular formula is C16H22N4O. The highest BCUT2D eigenvalue weighted by Gasteiger charge is 2.19. The summed E-state index contributed by atoms with van der Waals surface area (Å²) in [6.07, 6.45) is 4.05. The number of likely N-dealkylation sites (N-methyl/N-ethyl adjacent to an activating group) is 1. The van der Waals surface area contributed by atoms with Crippen LogP contribution < -0.4 is 5.32 Å². The molecule has 1 aromatic heterocycles. The molecule has 5 nitrogen and oxygen atoms in total. The van der Waals surface area contributed by atoms with Crippen LogP contribution in [0.3, 0.4) is 0 Å². The number of nitrogens with one attached hydrogen (secondary N) is 1. The first kappa shape index (κ1) is 14.3. The summed E-state index contributed by atoms with van der Waals surface area (Å²) < 4.78 is 7.62. The van der Waals surface area contributed by atoms with Gasteiger partial charge in [-0.25, -0.2) is 4.68 Å². The lowest BCUT2D eigenvalue weighted by atomic mass is 10.1. The molecule has 1 fully saturated rings. The first-order valence-electron chi connectivity index (χ1n) is 7.42. The molecule has 1 unspecified atom stereocenters. The monoisotopic (exact) mass is 286 g/mol. The largest absolute Gasteiger partial charge is 0.374 e. The van der Waals surface area contributed by atoms with Crippen molar-refractivity contribution in [1.82, 2.24) is 20.0 Å². The molecule has 1 aliphatic rings. The molecule has 0 bridgehead atoms. The van der Waals surface area contributed by atoms with Crippen LogP contribution in [0, 0.1) is 0 Å². The van der Waals surface area contributed by atoms with Gasteiger partial charge in [-0.2, -0.15) is 5.10 Å². The summed E-state index contributed by atoms with van der Waals surface area (Å²) in [5.41, 5.74) is 2.43. The molecule has 1 atom stereocenters. The van der Waals surface area contributed by atoms with Crippen LogP contribution in [0.1, 0.15) is 5.56 Å². The zero-order chi connectivity index (χ0) is 14.5. The number of rotatable bonds is 5. The quantitative estimate of drug-likeness (QED) is 0.899. The molecule has 2 heterocycles. The maximum atomic E-state index is 5.74. The number of nitrogens with zero attached hydrogens (tertiary/aromatic N) is 3. The smallest absolute Gasteiger partial charge is 0.0826 e. The highest BCUT2D eigenvalue weighted by Crippen LogP contribution is 2.13. The van der Waals surface area contributed by atoms with Gasteiger partial charge in [0.2, 0.25) is 0 Å². The Morgan fingerprint density at radius 2 is 2.19 bits per heavy atom. The van der Waals surface area contributed by atoms with Gasteiger partial charge in [-0.15, -0.1) is 0 Å². The van der Waals surface area contributed by atoms with E-state index in [0.29, 0.717) is 6.10 Å². The Balaban J connectivity index is 1.60. The van der Waals surface area contributed by atoms with Crippen molar-refractivity contribution in [2.24, 2.45) is 0 Å². The molecule has 21 heavy (non-hydrogen) atoms. The van der Waals surface area contributed by atoms with Crippen molar-refractivity contribution >= 4 is 0 Å². The third kappa shape index (κ3) is 3.69. The molecule has 112 valence electrons. The van der Waals surface area contributed by atoms with Gasteiger partial charge in [0.15, 0.2) is 0 Å². The average Bonchev–Trinajstić information content (AvgIpc) is 3.03. The summed E-state index contributed by atoms with van der Waals surface area (Å²) in [7, 11) is 1.97. The maximum Gasteiger partial charge on any atom is 0.0826 e. The van der Waals surface area contributed by atoms with Crippen molar-refractivity contribution in [3.8, 4) is 5.69 Å². The molecule has 2 aromatic rings. The van der Waals surface area contributed by atoms with E-state index in [9.17, 15) is 0 Å². The predicted molar refractivity (Wildman–Crippen MR) is 82.5 cm³/mol. The maximum absolute atomic E-state index is 5.74. The van der Waals surface area contributed by atoms with E-state index in [1.165, 1.54) is 5.56 Å². The van der Waals surface area contributed by atoms with Gasteiger partial charge in [-0.3, -0.25) is 4.90 Å². The third-order valence-corrected chi connectivity index (χ3v) is 3.77. The fourth-order valence-electron chi connectivity index (χ4n) is 2.71. The van der Waals surface area contributed by atoms with Crippen LogP contribution in [-0.4, -0.2) is 54.1 Å². The molecule has 5 heteroatoms. The number of hydrogen-bond acceptors (Lipinski definition) is 4. The number of ether oxygens (including phenoxy) is 1. The van der Waals surface area contributed by atoms with E-state index in [1.54, 1.807) is 6.20 Å². The van der Waals surface area contributed by atoms with E-state index >= 15 is 0 Å². The molecule has 0 saturated carbocycles. The third-order valence-electron chi connectivity index (χ3n) is 3.77. The lowest BCUT2D eigenvalue weighted by Gasteiger charge is -2.32. The molecule has 3 rings (SSSR count). The summed E-state index contributed by atoms with van der Waals surface area (Å²) >= 11 is 0. The molecule has 0 aliphatic carbocycles. The second kappa shape index (κ2) is 6.85. The Labute approximate surface area is 125 Å². The molecule has 1 saturated heterocycles. The van der Waals surface area contributed by atoms with Gasteiger partial charge in [0.25, 0.3) is 0 Å². The first-order chi connectivity index (χ1) is 10.3. The van der Waals surface area contributed by atoms with E-state index < -0.39 is 0 Å². The zero-order valence-electron chi connectivity index (χ0n) is 12.4. The Bertz CT molecular complexity index is 536. The van der Waals surface area contributed by atoms with Crippen molar-refractivity contribution < 1.29 is 4.74 Å². The van der Waals surface area contributed by atoms with Crippen molar-refractivity contribution in [3.05, 3.63) is 48.3 Å². The van der Waals surface area contributed by atoms with Crippen molar-refractivity contribution in [2.75, 3.05) is 33.3 Å². The average molecular weight is 286 g/mol. The minimum Gasteiger partial charge on any atom is -0.374 e. The van der Waals surface area contributed by atoms with Crippen LogP contribution in [0.15, 0.2) is 42.7 Å². The molecule has 1 aromatic carbocycles. The molecular weight excluding hydrogens is 264 g/mol. The lowest BCUT2D eigenvalue weighted by molar-refractivity contribution is -0.0291. The second-order valence-corrected chi connectivity index (χ2v) is 5.40. The van der Waals surface area contributed by atoms with Crippen LogP contribution in [0.4, 0.5) is 0 Å². The Morgan fingerprint density at radius 3 is 2.90 bits per heavy atom. The SMILES string of the molecule is CNCC1CN(Cc2ccc(-n3cccn3)cc2)CCO1. The summed E-state index contributed by atoms with van der Waals surface area (Å²) in [4.78, 5) is 2.45. The Kier molecular flexibility index (Phi) is 4.65. The summed E-state index contributed by atoms with van der Waals surface area (Å²) in [5.74, 6) is 0. The van der Waals surface area contributed by atoms with Gasteiger partial charge < -0.3 is 10.1 Å². The molecule has 1 aliphatic heterocycles. The van der Waals surface area contributed by atoms with E-state index in [-0.39, 0.29) is 0 Å². The zero-order valence-corrected chi connectivity index (χ0v) is 12.4. The van der Waals surface area contributed by atoms with E-state index in [0.717, 1.165) is 38.5 Å². The molecule has 0 radical (unpaired) electrons. The van der Waals surface area contributed by atoms with Crippen LogP contribution in [0.5, 0.6) is 0 Å². The highest BCUT2D eigenvalue weighted by molar-refractivity contribution is 5.33. The second-order valence-electron chi connectivity index (χ2n) is 5.40. The molecule has 0 spiro atoms. The van der Waals surface area contributed by atoms with Gasteiger partial charge in [0, 0.05) is 38.6 Å². The minimum atomic E-state index is 0.298. The normalized spacial score (nSPS) is 19.8. The van der Waals surface area contributed by atoms with Gasteiger partial charge in [-0.1, -0.05) is 12.1 Å². The van der Waals surface area contributed by atoms with Crippen molar-refractivity contribution in [2.45, 2.75) is 12.6 Å². The summed E-state index contributed by atoms with van der Waals surface area (Å²) in [5, 5.41) is 7.43. The number of aromatic nitrogens is 2. The fourth-order valence-corrected chi connectivity index (χ4v) is 2.71. The van der Waals surface area contributed by atoms with Crippen molar-refractivity contribution in [3.63, 3.8) is 0 Å². The minimum absolute atomic E-state index is 0.298. The van der Waals surface area contributed by atoms with Gasteiger partial charge in [-0.05, 0) is 30.8 Å². The molecule has 1 N–H and O–H groups in total.